The van der Waals surface area contributed by atoms with Gasteiger partial charge in [0.15, 0.2) is 0 Å². The minimum absolute atomic E-state index is 0.0500. The minimum atomic E-state index is 0.0500. The smallest absolute Gasteiger partial charge is 0.0571 e. The lowest BCUT2D eigenvalue weighted by Gasteiger charge is -2.09. The zero-order chi connectivity index (χ0) is 13.9. The van der Waals surface area contributed by atoms with Crippen molar-refractivity contribution in [3.8, 4) is 0 Å². The van der Waals surface area contributed by atoms with E-state index in [9.17, 15) is 0 Å². The molecule has 1 aliphatic rings. The molecule has 0 spiro atoms. The Morgan fingerprint density at radius 3 is 2.70 bits per heavy atom. The van der Waals surface area contributed by atoms with Gasteiger partial charge >= 0.3 is 0 Å². The van der Waals surface area contributed by atoms with Gasteiger partial charge in [-0.3, -0.25) is 4.98 Å². The van der Waals surface area contributed by atoms with Crippen molar-refractivity contribution in [2.24, 2.45) is 5.73 Å². The van der Waals surface area contributed by atoms with E-state index in [4.69, 9.17) is 5.73 Å². The molecule has 20 heavy (non-hydrogen) atoms. The molecule has 0 amide bonds. The number of aromatic nitrogens is 1. The summed E-state index contributed by atoms with van der Waals surface area (Å²) in [6, 6.07) is 11.0. The first-order valence-corrected chi connectivity index (χ1v) is 8.09. The van der Waals surface area contributed by atoms with E-state index in [2.05, 4.69) is 36.2 Å². The van der Waals surface area contributed by atoms with Gasteiger partial charge < -0.3 is 5.73 Å². The first-order valence-electron chi connectivity index (χ1n) is 7.27. The second-order valence-electron chi connectivity index (χ2n) is 5.32. The molecule has 0 bridgehead atoms. The summed E-state index contributed by atoms with van der Waals surface area (Å²) in [6.07, 6.45) is 6.62. The topological polar surface area (TPSA) is 38.9 Å². The summed E-state index contributed by atoms with van der Waals surface area (Å²) in [6.45, 7) is 2.08. The molecule has 0 radical (unpaired) electrons. The molecular weight excluding hydrogens is 264 g/mol. The first-order chi connectivity index (χ1) is 9.76. The third kappa shape index (κ3) is 2.89. The van der Waals surface area contributed by atoms with E-state index in [1.54, 1.807) is 11.8 Å². The molecule has 1 aliphatic carbocycles. The van der Waals surface area contributed by atoms with Crippen LogP contribution >= 0.6 is 11.8 Å². The standard InChI is InChI=1S/C17H20N2S/c1-2-16(18)17-9-8-15(11-19-17)20-14-7-6-12-4-3-5-13(12)10-14/h6-11,16H,2-5,18H2,1H3/t16-/m0/s1. The van der Waals surface area contributed by atoms with E-state index in [0.717, 1.165) is 12.1 Å². The van der Waals surface area contributed by atoms with Gasteiger partial charge in [-0.2, -0.15) is 0 Å². The van der Waals surface area contributed by atoms with Crippen LogP contribution in [0.2, 0.25) is 0 Å². The second kappa shape index (κ2) is 5.98. The largest absolute Gasteiger partial charge is 0.323 e. The van der Waals surface area contributed by atoms with Crippen molar-refractivity contribution in [2.75, 3.05) is 0 Å². The normalized spacial score (nSPS) is 15.1. The van der Waals surface area contributed by atoms with Crippen LogP contribution in [0.15, 0.2) is 46.3 Å². The van der Waals surface area contributed by atoms with Gasteiger partial charge in [-0.15, -0.1) is 0 Å². The number of benzene rings is 1. The van der Waals surface area contributed by atoms with Crippen LogP contribution in [0, 0.1) is 0 Å². The highest BCUT2D eigenvalue weighted by Crippen LogP contribution is 2.32. The molecule has 2 nitrogen and oxygen atoms in total. The average molecular weight is 284 g/mol. The van der Waals surface area contributed by atoms with Crippen molar-refractivity contribution in [3.63, 3.8) is 0 Å². The van der Waals surface area contributed by atoms with Crippen molar-refractivity contribution >= 4 is 11.8 Å². The molecule has 0 unspecified atom stereocenters. The van der Waals surface area contributed by atoms with Crippen molar-refractivity contribution in [1.82, 2.24) is 4.98 Å². The summed E-state index contributed by atoms with van der Waals surface area (Å²) in [7, 11) is 0. The number of hydrogen-bond donors (Lipinski definition) is 1. The van der Waals surface area contributed by atoms with E-state index in [0.29, 0.717) is 0 Å². The Hall–Kier alpha value is -1.32. The maximum atomic E-state index is 5.99. The molecule has 2 N–H and O–H groups in total. The zero-order valence-corrected chi connectivity index (χ0v) is 12.6. The van der Waals surface area contributed by atoms with Gasteiger partial charge in [-0.05, 0) is 61.1 Å². The van der Waals surface area contributed by atoms with Gasteiger partial charge in [0.25, 0.3) is 0 Å². The fourth-order valence-corrected chi connectivity index (χ4v) is 3.48. The number of aryl methyl sites for hydroxylation is 2. The third-order valence-electron chi connectivity index (χ3n) is 3.88. The molecule has 104 valence electrons. The summed E-state index contributed by atoms with van der Waals surface area (Å²) in [5.41, 5.74) is 10.0. The van der Waals surface area contributed by atoms with Gasteiger partial charge in [0.1, 0.15) is 0 Å². The summed E-state index contributed by atoms with van der Waals surface area (Å²) < 4.78 is 0. The number of hydrogen-bond acceptors (Lipinski definition) is 3. The first kappa shape index (κ1) is 13.7. The minimum Gasteiger partial charge on any atom is -0.323 e. The highest BCUT2D eigenvalue weighted by molar-refractivity contribution is 7.99. The Labute approximate surface area is 124 Å². The van der Waals surface area contributed by atoms with Gasteiger partial charge in [-0.25, -0.2) is 0 Å². The fourth-order valence-electron chi connectivity index (χ4n) is 2.63. The number of pyridine rings is 1. The molecule has 1 heterocycles. The van der Waals surface area contributed by atoms with Gasteiger partial charge in [-0.1, -0.05) is 24.8 Å². The van der Waals surface area contributed by atoms with Gasteiger partial charge in [0.05, 0.1) is 5.69 Å². The van der Waals surface area contributed by atoms with E-state index >= 15 is 0 Å². The Bertz CT molecular complexity index is 592. The number of rotatable bonds is 4. The van der Waals surface area contributed by atoms with E-state index in [1.165, 1.54) is 40.2 Å². The Kier molecular flexibility index (Phi) is 4.08. The molecule has 0 saturated heterocycles. The molecule has 1 atom stereocenters. The van der Waals surface area contributed by atoms with Crippen LogP contribution < -0.4 is 5.73 Å². The molecule has 1 aromatic heterocycles. The Balaban J connectivity index is 1.74. The number of nitrogens with zero attached hydrogens (tertiary/aromatic N) is 1. The van der Waals surface area contributed by atoms with Crippen LogP contribution in [0.1, 0.15) is 42.6 Å². The molecule has 2 aromatic rings. The molecule has 0 fully saturated rings. The van der Waals surface area contributed by atoms with Crippen molar-refractivity contribution in [2.45, 2.75) is 48.4 Å². The van der Waals surface area contributed by atoms with Gasteiger partial charge in [0.2, 0.25) is 0 Å². The monoisotopic (exact) mass is 284 g/mol. The highest BCUT2D eigenvalue weighted by atomic mass is 32.2. The van der Waals surface area contributed by atoms with E-state index in [1.807, 2.05) is 12.3 Å². The summed E-state index contributed by atoms with van der Waals surface area (Å²) in [5.74, 6) is 0. The average Bonchev–Trinajstić information content (AvgIpc) is 2.95. The lowest BCUT2D eigenvalue weighted by Crippen LogP contribution is -2.10. The molecule has 0 saturated carbocycles. The summed E-state index contributed by atoms with van der Waals surface area (Å²) in [5, 5.41) is 0. The molecule has 0 aliphatic heterocycles. The predicted molar refractivity (Wildman–Crippen MR) is 84.0 cm³/mol. The third-order valence-corrected chi connectivity index (χ3v) is 4.85. The van der Waals surface area contributed by atoms with Crippen LogP contribution in [0.4, 0.5) is 0 Å². The number of nitrogens with two attached hydrogens (primary N) is 1. The SMILES string of the molecule is CC[C@H](N)c1ccc(Sc2ccc3c(c2)CCC3)cn1. The fraction of sp³-hybridized carbons (Fsp3) is 0.353. The van der Waals surface area contributed by atoms with Crippen LogP contribution in [0.3, 0.4) is 0 Å². The maximum absolute atomic E-state index is 5.99. The maximum Gasteiger partial charge on any atom is 0.0571 e. The van der Waals surface area contributed by atoms with Crippen LogP contribution in [0.5, 0.6) is 0 Å². The molecule has 3 rings (SSSR count). The summed E-state index contributed by atoms with van der Waals surface area (Å²) in [4.78, 5) is 6.95. The van der Waals surface area contributed by atoms with Crippen LogP contribution in [-0.2, 0) is 12.8 Å². The van der Waals surface area contributed by atoms with Crippen LogP contribution in [-0.4, -0.2) is 4.98 Å². The molecule has 3 heteroatoms. The molecule has 1 aromatic carbocycles. The van der Waals surface area contributed by atoms with E-state index < -0.39 is 0 Å². The quantitative estimate of drug-likeness (QED) is 0.917. The van der Waals surface area contributed by atoms with E-state index in [-0.39, 0.29) is 6.04 Å². The Morgan fingerprint density at radius 1 is 1.15 bits per heavy atom. The lowest BCUT2D eigenvalue weighted by molar-refractivity contribution is 0.674. The number of fused-ring (bicyclic) bond motifs is 1. The highest BCUT2D eigenvalue weighted by Gasteiger charge is 2.11. The summed E-state index contributed by atoms with van der Waals surface area (Å²) >= 11 is 1.78. The molecular formula is C17H20N2S. The van der Waals surface area contributed by atoms with Crippen LogP contribution in [0.25, 0.3) is 0 Å². The van der Waals surface area contributed by atoms with Crippen molar-refractivity contribution in [3.05, 3.63) is 53.3 Å². The second-order valence-corrected chi connectivity index (χ2v) is 6.47. The van der Waals surface area contributed by atoms with Crippen molar-refractivity contribution in [1.29, 1.82) is 0 Å². The Morgan fingerprint density at radius 2 is 1.95 bits per heavy atom. The van der Waals surface area contributed by atoms with Gasteiger partial charge in [0, 0.05) is 22.0 Å². The zero-order valence-electron chi connectivity index (χ0n) is 11.8. The van der Waals surface area contributed by atoms with Crippen molar-refractivity contribution < 1.29 is 0 Å². The predicted octanol–water partition coefficient (Wildman–Crippen LogP) is 4.13. The lowest BCUT2D eigenvalue weighted by atomic mass is 10.1.